The lowest BCUT2D eigenvalue weighted by Crippen LogP contribution is -2.14. The van der Waals surface area contributed by atoms with Crippen LogP contribution in [0.25, 0.3) is 5.69 Å². The molecule has 7 heteroatoms. The van der Waals surface area contributed by atoms with Crippen LogP contribution in [0, 0.1) is 0 Å². The molecular formula is C12H12N2O5. The second-order valence-electron chi connectivity index (χ2n) is 3.69. The van der Waals surface area contributed by atoms with E-state index in [1.807, 2.05) is 0 Å². The second-order valence-corrected chi connectivity index (χ2v) is 3.69. The summed E-state index contributed by atoms with van der Waals surface area (Å²) in [5, 5.41) is 11.3. The molecule has 0 aliphatic rings. The van der Waals surface area contributed by atoms with Crippen LogP contribution in [-0.4, -0.2) is 35.1 Å². The van der Waals surface area contributed by atoms with Crippen LogP contribution in [-0.2, 0) is 0 Å². The number of methoxy groups -OCH3 is 2. The molecule has 0 spiro atoms. The van der Waals surface area contributed by atoms with E-state index >= 15 is 0 Å². The van der Waals surface area contributed by atoms with Crippen molar-refractivity contribution in [3.63, 3.8) is 0 Å². The molecule has 1 aromatic heterocycles. The summed E-state index contributed by atoms with van der Waals surface area (Å²) in [7, 11) is 2.96. The number of benzene rings is 1. The molecule has 0 amide bonds. The third kappa shape index (κ3) is 2.30. The second kappa shape index (κ2) is 4.89. The van der Waals surface area contributed by atoms with Crippen molar-refractivity contribution in [2.75, 3.05) is 14.2 Å². The molecule has 19 heavy (non-hydrogen) atoms. The Hall–Kier alpha value is -2.70. The van der Waals surface area contributed by atoms with E-state index in [2.05, 4.69) is 5.10 Å². The smallest absolute Gasteiger partial charge is 0.353 e. The van der Waals surface area contributed by atoms with Crippen LogP contribution >= 0.6 is 0 Å². The first-order chi connectivity index (χ1) is 9.06. The van der Waals surface area contributed by atoms with E-state index in [0.717, 1.165) is 10.7 Å². The van der Waals surface area contributed by atoms with Gasteiger partial charge < -0.3 is 14.6 Å². The summed E-state index contributed by atoms with van der Waals surface area (Å²) in [4.78, 5) is 22.6. The Bertz CT molecular complexity index is 671. The quantitative estimate of drug-likeness (QED) is 0.855. The summed E-state index contributed by atoms with van der Waals surface area (Å²) in [6, 6.07) is 5.85. The van der Waals surface area contributed by atoms with E-state index < -0.39 is 11.5 Å². The van der Waals surface area contributed by atoms with Crippen molar-refractivity contribution in [1.29, 1.82) is 0 Å². The number of nitrogens with zero attached hydrogens (tertiary/aromatic N) is 1. The summed E-state index contributed by atoms with van der Waals surface area (Å²) in [6.07, 6.45) is 0. The molecule has 0 aliphatic heterocycles. The molecule has 2 rings (SSSR count). The maximum Gasteiger partial charge on any atom is 0.353 e. The van der Waals surface area contributed by atoms with Crippen LogP contribution in [0.2, 0.25) is 0 Å². The lowest BCUT2D eigenvalue weighted by molar-refractivity contribution is 0.0690. The zero-order chi connectivity index (χ0) is 14.0. The molecular weight excluding hydrogens is 252 g/mol. The van der Waals surface area contributed by atoms with Gasteiger partial charge in [0.05, 0.1) is 14.2 Å². The van der Waals surface area contributed by atoms with Gasteiger partial charge in [0.1, 0.15) is 22.9 Å². The molecule has 0 aliphatic carbocycles. The molecule has 0 saturated carbocycles. The van der Waals surface area contributed by atoms with Crippen LogP contribution < -0.4 is 15.0 Å². The first-order valence-corrected chi connectivity index (χ1v) is 5.34. The Balaban J connectivity index is 2.58. The standard InChI is InChI=1S/C12H12N2O5/c1-18-7-3-4-9(10(5-7)19-2)14-11(15)6-8(13-14)12(16)17/h3-6,13H,1-2H3,(H,16,17). The lowest BCUT2D eigenvalue weighted by Gasteiger charge is -2.10. The maximum absolute atomic E-state index is 11.7. The minimum atomic E-state index is -1.21. The highest BCUT2D eigenvalue weighted by Crippen LogP contribution is 2.26. The van der Waals surface area contributed by atoms with Gasteiger partial charge in [-0.15, -0.1) is 0 Å². The molecule has 1 aromatic carbocycles. The molecule has 7 nitrogen and oxygen atoms in total. The van der Waals surface area contributed by atoms with Crippen LogP contribution in [0.15, 0.2) is 29.1 Å². The van der Waals surface area contributed by atoms with Gasteiger partial charge >= 0.3 is 5.97 Å². The number of H-pyrrole nitrogens is 1. The molecule has 100 valence electrons. The summed E-state index contributed by atoms with van der Waals surface area (Å²) >= 11 is 0. The first kappa shape index (κ1) is 12.7. The molecule has 2 N–H and O–H groups in total. The molecule has 0 fully saturated rings. The topological polar surface area (TPSA) is 93.5 Å². The highest BCUT2D eigenvalue weighted by Gasteiger charge is 2.14. The fourth-order valence-corrected chi connectivity index (χ4v) is 1.65. The van der Waals surface area contributed by atoms with E-state index in [4.69, 9.17) is 14.6 Å². The van der Waals surface area contributed by atoms with Gasteiger partial charge in [-0.2, -0.15) is 0 Å². The van der Waals surface area contributed by atoms with Gasteiger partial charge in [-0.25, -0.2) is 9.48 Å². The van der Waals surface area contributed by atoms with Crippen LogP contribution in [0.5, 0.6) is 11.5 Å². The van der Waals surface area contributed by atoms with Gasteiger partial charge in [0.2, 0.25) is 0 Å². The fourth-order valence-electron chi connectivity index (χ4n) is 1.65. The summed E-state index contributed by atoms with van der Waals surface area (Å²) in [5.41, 5.74) is -0.274. The molecule has 0 saturated heterocycles. The number of aromatic nitrogens is 2. The largest absolute Gasteiger partial charge is 0.497 e. The van der Waals surface area contributed by atoms with Gasteiger partial charge in [0.25, 0.3) is 5.56 Å². The number of ether oxygens (including phenoxy) is 2. The minimum absolute atomic E-state index is 0.192. The molecule has 0 unspecified atom stereocenters. The Labute approximate surface area is 108 Å². The number of rotatable bonds is 4. The highest BCUT2D eigenvalue weighted by molar-refractivity contribution is 5.85. The number of hydrogen-bond acceptors (Lipinski definition) is 4. The predicted octanol–water partition coefficient (Wildman–Crippen LogP) is 0.881. The van der Waals surface area contributed by atoms with E-state index in [-0.39, 0.29) is 5.69 Å². The van der Waals surface area contributed by atoms with Gasteiger partial charge in [-0.1, -0.05) is 0 Å². The lowest BCUT2D eigenvalue weighted by atomic mass is 10.2. The first-order valence-electron chi connectivity index (χ1n) is 5.34. The SMILES string of the molecule is COc1ccc(-n2[nH]c(C(=O)O)cc2=O)c(OC)c1. The van der Waals surface area contributed by atoms with Gasteiger partial charge in [0, 0.05) is 12.1 Å². The fraction of sp³-hybridized carbons (Fsp3) is 0.167. The third-order valence-electron chi connectivity index (χ3n) is 2.58. The summed E-state index contributed by atoms with van der Waals surface area (Å²) in [5.74, 6) is -0.248. The van der Waals surface area contributed by atoms with Crippen molar-refractivity contribution >= 4 is 5.97 Å². The Morgan fingerprint density at radius 1 is 1.26 bits per heavy atom. The van der Waals surface area contributed by atoms with Crippen LogP contribution in [0.4, 0.5) is 0 Å². The normalized spacial score (nSPS) is 10.2. The Kier molecular flexibility index (Phi) is 3.28. The van der Waals surface area contributed by atoms with E-state index in [0.29, 0.717) is 17.2 Å². The average molecular weight is 264 g/mol. The molecule has 0 atom stereocenters. The van der Waals surface area contributed by atoms with Crippen molar-refractivity contribution in [2.24, 2.45) is 0 Å². The van der Waals surface area contributed by atoms with Crippen LogP contribution in [0.1, 0.15) is 10.5 Å². The predicted molar refractivity (Wildman–Crippen MR) is 66.5 cm³/mol. The zero-order valence-corrected chi connectivity index (χ0v) is 10.3. The van der Waals surface area contributed by atoms with Crippen molar-refractivity contribution in [3.05, 3.63) is 40.3 Å². The van der Waals surface area contributed by atoms with E-state index in [1.54, 1.807) is 18.2 Å². The number of carbonyl (C=O) groups is 1. The number of aromatic amines is 1. The van der Waals surface area contributed by atoms with E-state index in [9.17, 15) is 9.59 Å². The third-order valence-corrected chi connectivity index (χ3v) is 2.58. The minimum Gasteiger partial charge on any atom is -0.497 e. The molecule has 1 heterocycles. The molecule has 2 aromatic rings. The number of carboxylic acid groups (broad SMARTS) is 1. The number of aromatic carboxylic acids is 1. The van der Waals surface area contributed by atoms with Crippen LogP contribution in [0.3, 0.4) is 0 Å². The number of nitrogens with one attached hydrogen (secondary N) is 1. The van der Waals surface area contributed by atoms with E-state index in [1.165, 1.54) is 14.2 Å². The van der Waals surface area contributed by atoms with Crippen molar-refractivity contribution < 1.29 is 19.4 Å². The summed E-state index contributed by atoms with van der Waals surface area (Å²) < 4.78 is 11.3. The van der Waals surface area contributed by atoms with Crippen molar-refractivity contribution in [2.45, 2.75) is 0 Å². The zero-order valence-electron chi connectivity index (χ0n) is 10.3. The van der Waals surface area contributed by atoms with Crippen molar-refractivity contribution in [3.8, 4) is 17.2 Å². The summed E-state index contributed by atoms with van der Waals surface area (Å²) in [6.45, 7) is 0. The maximum atomic E-state index is 11.7. The highest BCUT2D eigenvalue weighted by atomic mass is 16.5. The Morgan fingerprint density at radius 3 is 2.53 bits per heavy atom. The van der Waals surface area contributed by atoms with Gasteiger partial charge in [-0.3, -0.25) is 9.89 Å². The monoisotopic (exact) mass is 264 g/mol. The molecule has 0 bridgehead atoms. The average Bonchev–Trinajstić information content (AvgIpc) is 2.80. The van der Waals surface area contributed by atoms with Gasteiger partial charge in [0.15, 0.2) is 0 Å². The number of carboxylic acids is 1. The number of hydrogen-bond donors (Lipinski definition) is 2. The van der Waals surface area contributed by atoms with Gasteiger partial charge in [-0.05, 0) is 12.1 Å². The molecule has 0 radical (unpaired) electrons. The Morgan fingerprint density at radius 2 is 2.00 bits per heavy atom. The van der Waals surface area contributed by atoms with Crippen molar-refractivity contribution in [1.82, 2.24) is 9.78 Å².